The largest absolute Gasteiger partial charge is 0.261 e. The first kappa shape index (κ1) is 10.8. The molecule has 0 aromatic carbocycles. The molecule has 2 rings (SSSR count). The van der Waals surface area contributed by atoms with Crippen LogP contribution in [0.2, 0.25) is 0 Å². The zero-order valence-electron chi connectivity index (χ0n) is 8.35. The highest BCUT2D eigenvalue weighted by molar-refractivity contribution is 9.09. The Balaban J connectivity index is 2.07. The van der Waals surface area contributed by atoms with Gasteiger partial charge in [0.2, 0.25) is 0 Å². The van der Waals surface area contributed by atoms with Crippen LogP contribution in [0.15, 0.2) is 29.8 Å². The minimum absolute atomic E-state index is 0.261. The van der Waals surface area contributed by atoms with Gasteiger partial charge in [-0.2, -0.15) is 0 Å². The Morgan fingerprint density at radius 3 is 2.93 bits per heavy atom. The van der Waals surface area contributed by atoms with E-state index in [1.165, 1.54) is 0 Å². The second-order valence-corrected chi connectivity index (χ2v) is 5.45. The molecule has 2 nitrogen and oxygen atoms in total. The molecule has 1 atom stereocenters. The predicted molar refractivity (Wildman–Crippen MR) is 66.5 cm³/mol. The first-order chi connectivity index (χ1) is 7.25. The summed E-state index contributed by atoms with van der Waals surface area (Å²) in [4.78, 5) is 9.01. The average Bonchev–Trinajstić information content (AvgIpc) is 2.66. The van der Waals surface area contributed by atoms with E-state index in [1.54, 1.807) is 11.3 Å². The van der Waals surface area contributed by atoms with Gasteiger partial charge in [0.25, 0.3) is 0 Å². The summed E-state index contributed by atoms with van der Waals surface area (Å²) in [5.74, 6) is 0. The minimum Gasteiger partial charge on any atom is -0.261 e. The van der Waals surface area contributed by atoms with Crippen LogP contribution in [0.3, 0.4) is 0 Å². The van der Waals surface area contributed by atoms with E-state index in [0.29, 0.717) is 0 Å². The van der Waals surface area contributed by atoms with Crippen LogP contribution in [0.4, 0.5) is 0 Å². The van der Waals surface area contributed by atoms with Gasteiger partial charge >= 0.3 is 0 Å². The molecule has 0 N–H and O–H groups in total. The summed E-state index contributed by atoms with van der Waals surface area (Å²) in [5.41, 5.74) is 2.19. The number of pyridine rings is 1. The lowest BCUT2D eigenvalue weighted by atomic mass is 10.2. The molecule has 0 bridgehead atoms. The second kappa shape index (κ2) is 4.86. The highest BCUT2D eigenvalue weighted by atomic mass is 79.9. The molecule has 4 heteroatoms. The van der Waals surface area contributed by atoms with E-state index in [4.69, 9.17) is 0 Å². The van der Waals surface area contributed by atoms with Crippen molar-refractivity contribution >= 4 is 27.3 Å². The molecule has 78 valence electrons. The van der Waals surface area contributed by atoms with Crippen LogP contribution in [0.1, 0.15) is 21.2 Å². The zero-order chi connectivity index (χ0) is 10.7. The van der Waals surface area contributed by atoms with Crippen molar-refractivity contribution in [3.8, 4) is 0 Å². The molecule has 0 aliphatic heterocycles. The number of alkyl halides is 1. The third kappa shape index (κ3) is 2.86. The Morgan fingerprint density at radius 1 is 1.47 bits per heavy atom. The summed E-state index contributed by atoms with van der Waals surface area (Å²) >= 11 is 5.32. The molecule has 0 saturated heterocycles. The molecule has 0 aliphatic carbocycles. The quantitative estimate of drug-likeness (QED) is 0.805. The second-order valence-electron chi connectivity index (χ2n) is 3.28. The van der Waals surface area contributed by atoms with Crippen LogP contribution >= 0.6 is 27.3 Å². The van der Waals surface area contributed by atoms with Crippen LogP contribution in [-0.4, -0.2) is 9.97 Å². The van der Waals surface area contributed by atoms with Gasteiger partial charge in [0, 0.05) is 23.7 Å². The van der Waals surface area contributed by atoms with Crippen molar-refractivity contribution in [3.63, 3.8) is 0 Å². The SMILES string of the molecule is Cc1nc(C(Br)Cc2ccccn2)cs1. The van der Waals surface area contributed by atoms with Crippen molar-refractivity contribution in [1.29, 1.82) is 0 Å². The minimum atomic E-state index is 0.261. The molecule has 2 aromatic heterocycles. The highest BCUT2D eigenvalue weighted by Gasteiger charge is 2.11. The smallest absolute Gasteiger partial charge is 0.0897 e. The molecular weight excluding hydrogens is 272 g/mol. The number of hydrogen-bond acceptors (Lipinski definition) is 3. The predicted octanol–water partition coefficient (Wildman–Crippen LogP) is 3.53. The van der Waals surface area contributed by atoms with Gasteiger partial charge in [-0.05, 0) is 19.1 Å². The fourth-order valence-corrected chi connectivity index (χ4v) is 2.74. The van der Waals surface area contributed by atoms with E-state index in [1.807, 2.05) is 31.3 Å². The maximum atomic E-state index is 4.45. The molecule has 0 aliphatic rings. The topological polar surface area (TPSA) is 25.8 Å². The van der Waals surface area contributed by atoms with Crippen LogP contribution in [0, 0.1) is 6.92 Å². The first-order valence-corrected chi connectivity index (χ1v) is 6.51. The van der Waals surface area contributed by atoms with Gasteiger partial charge in [-0.25, -0.2) is 4.98 Å². The fraction of sp³-hybridized carbons (Fsp3) is 0.273. The average molecular weight is 283 g/mol. The zero-order valence-corrected chi connectivity index (χ0v) is 10.8. The number of thiazole rings is 1. The van der Waals surface area contributed by atoms with Crippen LogP contribution in [0.5, 0.6) is 0 Å². The Bertz CT molecular complexity index is 427. The number of hydrogen-bond donors (Lipinski definition) is 0. The fourth-order valence-electron chi connectivity index (χ4n) is 1.33. The van der Waals surface area contributed by atoms with Gasteiger partial charge in [-0.3, -0.25) is 4.98 Å². The van der Waals surface area contributed by atoms with Crippen molar-refractivity contribution in [1.82, 2.24) is 9.97 Å². The van der Waals surface area contributed by atoms with Crippen molar-refractivity contribution in [3.05, 3.63) is 46.2 Å². The Morgan fingerprint density at radius 2 is 2.33 bits per heavy atom. The summed E-state index contributed by atoms with van der Waals surface area (Å²) < 4.78 is 0. The first-order valence-electron chi connectivity index (χ1n) is 4.71. The number of rotatable bonds is 3. The lowest BCUT2D eigenvalue weighted by molar-refractivity contribution is 0.876. The number of aromatic nitrogens is 2. The number of nitrogens with zero attached hydrogens (tertiary/aromatic N) is 2. The van der Waals surface area contributed by atoms with E-state index >= 15 is 0 Å². The van der Waals surface area contributed by atoms with Gasteiger partial charge in [0.05, 0.1) is 15.5 Å². The lowest BCUT2D eigenvalue weighted by Gasteiger charge is -2.05. The Labute approximate surface area is 102 Å². The maximum Gasteiger partial charge on any atom is 0.0897 e. The molecule has 0 fully saturated rings. The number of aryl methyl sites for hydroxylation is 1. The number of halogens is 1. The maximum absolute atomic E-state index is 4.45. The van der Waals surface area contributed by atoms with Crippen LogP contribution in [0.25, 0.3) is 0 Å². The van der Waals surface area contributed by atoms with E-state index in [-0.39, 0.29) is 4.83 Å². The van der Waals surface area contributed by atoms with Crippen molar-refractivity contribution in [2.45, 2.75) is 18.2 Å². The molecule has 0 radical (unpaired) electrons. The molecule has 0 amide bonds. The lowest BCUT2D eigenvalue weighted by Crippen LogP contribution is -1.97. The van der Waals surface area contributed by atoms with Gasteiger partial charge in [0.1, 0.15) is 0 Å². The van der Waals surface area contributed by atoms with Gasteiger partial charge in [0.15, 0.2) is 0 Å². The highest BCUT2D eigenvalue weighted by Crippen LogP contribution is 2.27. The van der Waals surface area contributed by atoms with E-state index in [0.717, 1.165) is 22.8 Å². The van der Waals surface area contributed by atoms with E-state index in [2.05, 4.69) is 31.3 Å². The molecular formula is C11H11BrN2S. The third-order valence-corrected chi connectivity index (χ3v) is 3.66. The van der Waals surface area contributed by atoms with Crippen molar-refractivity contribution < 1.29 is 0 Å². The van der Waals surface area contributed by atoms with Gasteiger partial charge in [-0.15, -0.1) is 11.3 Å². The van der Waals surface area contributed by atoms with Crippen LogP contribution < -0.4 is 0 Å². The van der Waals surface area contributed by atoms with E-state index in [9.17, 15) is 0 Å². The van der Waals surface area contributed by atoms with Crippen molar-refractivity contribution in [2.24, 2.45) is 0 Å². The molecule has 0 saturated carbocycles. The standard InChI is InChI=1S/C11H11BrN2S/c1-8-14-11(7-15-8)10(12)6-9-4-2-3-5-13-9/h2-5,7,10H,6H2,1H3. The summed E-state index contributed by atoms with van der Waals surface area (Å²) in [7, 11) is 0. The molecule has 0 spiro atoms. The molecule has 2 heterocycles. The van der Waals surface area contributed by atoms with Crippen LogP contribution in [-0.2, 0) is 6.42 Å². The summed E-state index contributed by atoms with van der Waals surface area (Å²) in [5, 5.41) is 3.20. The summed E-state index contributed by atoms with van der Waals surface area (Å²) in [6.45, 7) is 2.02. The summed E-state index contributed by atoms with van der Waals surface area (Å²) in [6, 6.07) is 5.97. The third-order valence-electron chi connectivity index (χ3n) is 2.07. The summed E-state index contributed by atoms with van der Waals surface area (Å²) in [6.07, 6.45) is 2.70. The molecule has 1 unspecified atom stereocenters. The van der Waals surface area contributed by atoms with Crippen molar-refractivity contribution in [2.75, 3.05) is 0 Å². The Hall–Kier alpha value is -0.740. The van der Waals surface area contributed by atoms with Gasteiger partial charge < -0.3 is 0 Å². The van der Waals surface area contributed by atoms with E-state index < -0.39 is 0 Å². The normalized spacial score (nSPS) is 12.7. The molecule has 2 aromatic rings. The monoisotopic (exact) mass is 282 g/mol. The molecule has 15 heavy (non-hydrogen) atoms. The Kier molecular flexibility index (Phi) is 3.49. The van der Waals surface area contributed by atoms with Gasteiger partial charge in [-0.1, -0.05) is 22.0 Å².